The van der Waals surface area contributed by atoms with Crippen LogP contribution in [0.15, 0.2) is 46.2 Å². The zero-order valence-electron chi connectivity index (χ0n) is 15.4. The predicted octanol–water partition coefficient (Wildman–Crippen LogP) is 2.16. The van der Waals surface area contributed by atoms with Gasteiger partial charge in [-0.25, -0.2) is 9.78 Å². The molecule has 0 saturated carbocycles. The molecule has 0 aliphatic carbocycles. The highest BCUT2D eigenvalue weighted by molar-refractivity contribution is 5.45. The normalized spacial score (nSPS) is 10.6. The third kappa shape index (κ3) is 4.60. The summed E-state index contributed by atoms with van der Waals surface area (Å²) >= 11 is 0. The van der Waals surface area contributed by atoms with Crippen LogP contribution < -0.4 is 21.3 Å². The molecule has 0 aliphatic rings. The number of benzene rings is 1. The van der Waals surface area contributed by atoms with Gasteiger partial charge in [-0.1, -0.05) is 17.7 Å². The van der Waals surface area contributed by atoms with E-state index in [1.165, 1.54) is 22.4 Å². The van der Waals surface area contributed by atoms with Gasteiger partial charge in [-0.15, -0.1) is 0 Å². The molecule has 8 nitrogen and oxygen atoms in total. The fourth-order valence-corrected chi connectivity index (χ4v) is 2.82. The average molecular weight is 367 g/mol. The van der Waals surface area contributed by atoms with Crippen LogP contribution in [0.3, 0.4) is 0 Å². The van der Waals surface area contributed by atoms with Crippen molar-refractivity contribution in [2.75, 3.05) is 11.9 Å². The summed E-state index contributed by atoms with van der Waals surface area (Å²) in [4.78, 5) is 33.5. The largest absolute Gasteiger partial charge is 0.438 e. The third-order valence-electron chi connectivity index (χ3n) is 3.97. The van der Waals surface area contributed by atoms with Gasteiger partial charge in [-0.05, 0) is 31.9 Å². The van der Waals surface area contributed by atoms with Gasteiger partial charge in [0.2, 0.25) is 11.8 Å². The van der Waals surface area contributed by atoms with Gasteiger partial charge in [-0.3, -0.25) is 14.3 Å². The van der Waals surface area contributed by atoms with E-state index < -0.39 is 11.2 Å². The zero-order chi connectivity index (χ0) is 19.4. The van der Waals surface area contributed by atoms with Gasteiger partial charge in [0.1, 0.15) is 5.75 Å². The van der Waals surface area contributed by atoms with Crippen molar-refractivity contribution in [3.8, 4) is 11.6 Å². The summed E-state index contributed by atoms with van der Waals surface area (Å²) in [6, 6.07) is 7.12. The Balaban J connectivity index is 1.67. The molecule has 0 bridgehead atoms. The summed E-state index contributed by atoms with van der Waals surface area (Å²) < 4.78 is 7.34. The van der Waals surface area contributed by atoms with E-state index in [1.54, 1.807) is 12.3 Å². The lowest BCUT2D eigenvalue weighted by Gasteiger charge is -2.13. The molecule has 3 rings (SSSR count). The topological polar surface area (TPSA) is 102 Å². The van der Waals surface area contributed by atoms with Gasteiger partial charge in [0.25, 0.3) is 5.56 Å². The monoisotopic (exact) mass is 367 g/mol. The van der Waals surface area contributed by atoms with E-state index in [1.807, 2.05) is 20.8 Å². The first-order valence-electron chi connectivity index (χ1n) is 8.55. The summed E-state index contributed by atoms with van der Waals surface area (Å²) in [5.74, 6) is 1.61. The van der Waals surface area contributed by atoms with Gasteiger partial charge < -0.3 is 10.1 Å². The maximum Gasteiger partial charge on any atom is 0.328 e. The van der Waals surface area contributed by atoms with E-state index in [-0.39, 0.29) is 0 Å². The van der Waals surface area contributed by atoms with Crippen molar-refractivity contribution in [1.82, 2.24) is 19.5 Å². The lowest BCUT2D eigenvalue weighted by Crippen LogP contribution is -2.30. The Hall–Kier alpha value is -3.42. The molecule has 140 valence electrons. The number of nitrogens with one attached hydrogen (secondary N) is 2. The molecule has 0 spiro atoms. The number of aromatic nitrogens is 4. The number of rotatable bonds is 6. The molecule has 2 heterocycles. The van der Waals surface area contributed by atoms with Crippen LogP contribution >= 0.6 is 0 Å². The average Bonchev–Trinajstić information content (AvgIpc) is 2.60. The Morgan fingerprint density at radius 2 is 1.89 bits per heavy atom. The molecular weight excluding hydrogens is 346 g/mol. The van der Waals surface area contributed by atoms with E-state index in [9.17, 15) is 9.59 Å². The second-order valence-electron chi connectivity index (χ2n) is 6.28. The summed E-state index contributed by atoms with van der Waals surface area (Å²) in [5, 5.41) is 3.05. The highest BCUT2D eigenvalue weighted by Crippen LogP contribution is 2.28. The number of anilines is 1. The maximum absolute atomic E-state index is 11.7. The van der Waals surface area contributed by atoms with Gasteiger partial charge in [0.15, 0.2) is 0 Å². The van der Waals surface area contributed by atoms with E-state index in [0.717, 1.165) is 16.9 Å². The second-order valence-corrected chi connectivity index (χ2v) is 6.28. The summed E-state index contributed by atoms with van der Waals surface area (Å²) in [7, 11) is 0. The first-order valence-corrected chi connectivity index (χ1v) is 8.55. The van der Waals surface area contributed by atoms with Crippen molar-refractivity contribution in [2.45, 2.75) is 27.3 Å². The molecular formula is C19H21N5O3. The van der Waals surface area contributed by atoms with Crippen LogP contribution in [0.4, 0.5) is 5.95 Å². The summed E-state index contributed by atoms with van der Waals surface area (Å²) in [6.07, 6.45) is 3.06. The van der Waals surface area contributed by atoms with Crippen LogP contribution in [0.5, 0.6) is 11.6 Å². The van der Waals surface area contributed by atoms with Crippen molar-refractivity contribution in [3.05, 3.63) is 74.2 Å². The minimum Gasteiger partial charge on any atom is -0.438 e. The first kappa shape index (κ1) is 18.4. The number of hydrogen-bond acceptors (Lipinski definition) is 6. The van der Waals surface area contributed by atoms with E-state index >= 15 is 0 Å². The summed E-state index contributed by atoms with van der Waals surface area (Å²) in [6.45, 7) is 6.82. The number of aryl methyl sites for hydroxylation is 3. The molecule has 0 aliphatic heterocycles. The molecule has 0 atom stereocenters. The first-order chi connectivity index (χ1) is 12.9. The Kier molecular flexibility index (Phi) is 5.35. The van der Waals surface area contributed by atoms with Crippen molar-refractivity contribution in [3.63, 3.8) is 0 Å². The molecule has 2 aromatic heterocycles. The van der Waals surface area contributed by atoms with Gasteiger partial charge in [0.05, 0.1) is 0 Å². The Morgan fingerprint density at radius 1 is 1.15 bits per heavy atom. The predicted molar refractivity (Wildman–Crippen MR) is 103 cm³/mol. The smallest absolute Gasteiger partial charge is 0.328 e. The fourth-order valence-electron chi connectivity index (χ4n) is 2.82. The zero-order valence-corrected chi connectivity index (χ0v) is 15.4. The molecule has 27 heavy (non-hydrogen) atoms. The standard InChI is InChI=1S/C19H21N5O3/c1-12-10-13(2)17(14(3)11-12)27-16-4-6-20-18(23-16)21-7-9-24-8-5-15(25)22-19(24)26/h4-6,8,10-11H,7,9H2,1-3H3,(H,20,21,23)(H,22,25,26). The van der Waals surface area contributed by atoms with Crippen LogP contribution in [0.2, 0.25) is 0 Å². The van der Waals surface area contributed by atoms with Crippen LogP contribution in [-0.2, 0) is 6.54 Å². The summed E-state index contributed by atoms with van der Waals surface area (Å²) in [5.41, 5.74) is 2.39. The third-order valence-corrected chi connectivity index (χ3v) is 3.97. The molecule has 0 unspecified atom stereocenters. The minimum atomic E-state index is -0.451. The van der Waals surface area contributed by atoms with Crippen LogP contribution in [-0.4, -0.2) is 26.1 Å². The number of nitrogens with zero attached hydrogens (tertiary/aromatic N) is 3. The minimum absolute atomic E-state index is 0.361. The number of aromatic amines is 1. The van der Waals surface area contributed by atoms with Gasteiger partial charge >= 0.3 is 5.69 Å². The fraction of sp³-hybridized carbons (Fsp3) is 0.263. The van der Waals surface area contributed by atoms with Crippen molar-refractivity contribution >= 4 is 5.95 Å². The molecule has 0 radical (unpaired) electrons. The molecule has 0 amide bonds. The lowest BCUT2D eigenvalue weighted by atomic mass is 10.1. The molecule has 0 fully saturated rings. The molecule has 0 saturated heterocycles. The van der Waals surface area contributed by atoms with E-state index in [2.05, 4.69) is 32.4 Å². The van der Waals surface area contributed by atoms with Crippen molar-refractivity contribution < 1.29 is 4.74 Å². The lowest BCUT2D eigenvalue weighted by molar-refractivity contribution is 0.455. The van der Waals surface area contributed by atoms with E-state index in [0.29, 0.717) is 24.9 Å². The molecule has 3 aromatic rings. The number of hydrogen-bond donors (Lipinski definition) is 2. The van der Waals surface area contributed by atoms with Gasteiger partial charge in [0, 0.05) is 37.6 Å². The Bertz CT molecular complexity index is 1050. The van der Waals surface area contributed by atoms with Crippen LogP contribution in [0.25, 0.3) is 0 Å². The second kappa shape index (κ2) is 7.86. The van der Waals surface area contributed by atoms with Crippen molar-refractivity contribution in [1.29, 1.82) is 0 Å². The number of ether oxygens (including phenoxy) is 1. The van der Waals surface area contributed by atoms with Crippen LogP contribution in [0.1, 0.15) is 16.7 Å². The quantitative estimate of drug-likeness (QED) is 0.692. The molecule has 8 heteroatoms. The van der Waals surface area contributed by atoms with Gasteiger partial charge in [-0.2, -0.15) is 4.98 Å². The van der Waals surface area contributed by atoms with E-state index in [4.69, 9.17) is 4.74 Å². The Labute approximate surface area is 155 Å². The van der Waals surface area contributed by atoms with Crippen molar-refractivity contribution in [2.24, 2.45) is 0 Å². The maximum atomic E-state index is 11.7. The number of H-pyrrole nitrogens is 1. The van der Waals surface area contributed by atoms with Crippen LogP contribution in [0, 0.1) is 20.8 Å². The Morgan fingerprint density at radius 3 is 2.59 bits per heavy atom. The SMILES string of the molecule is Cc1cc(C)c(Oc2ccnc(NCCn3ccc(=O)[nH]c3=O)n2)c(C)c1. The molecule has 2 N–H and O–H groups in total. The highest BCUT2D eigenvalue weighted by Gasteiger charge is 2.08. The molecule has 1 aromatic carbocycles. The highest BCUT2D eigenvalue weighted by atomic mass is 16.5.